The van der Waals surface area contributed by atoms with E-state index in [2.05, 4.69) is 101 Å². The Kier molecular flexibility index (Phi) is 11.4. The third-order valence-electron chi connectivity index (χ3n) is 8.30. The number of halogens is 1. The van der Waals surface area contributed by atoms with Crippen LogP contribution >= 0.6 is 15.9 Å². The Morgan fingerprint density at radius 1 is 0.634 bits per heavy atom. The Labute approximate surface area is 255 Å². The predicted molar refractivity (Wildman–Crippen MR) is 175 cm³/mol. The molecule has 5 rings (SSSR count). The van der Waals surface area contributed by atoms with E-state index in [0.717, 1.165) is 22.4 Å². The summed E-state index contributed by atoms with van der Waals surface area (Å²) in [6, 6.07) is 36.9. The quantitative estimate of drug-likeness (QED) is 0.0984. The Balaban J connectivity index is 1.25. The molecule has 1 aliphatic heterocycles. The van der Waals surface area contributed by atoms with Crippen LogP contribution in [0.4, 0.5) is 0 Å². The van der Waals surface area contributed by atoms with Gasteiger partial charge in [0.25, 0.3) is 0 Å². The molecule has 0 bridgehead atoms. The van der Waals surface area contributed by atoms with Gasteiger partial charge in [-0.2, -0.15) is 0 Å². The smallest absolute Gasteiger partial charge is 0.126 e. The Bertz CT molecular complexity index is 1300. The summed E-state index contributed by atoms with van der Waals surface area (Å²) in [5.41, 5.74) is 6.52. The van der Waals surface area contributed by atoms with E-state index in [4.69, 9.17) is 9.47 Å². The molecule has 2 nitrogen and oxygen atoms in total. The van der Waals surface area contributed by atoms with Gasteiger partial charge in [0.05, 0.1) is 6.61 Å². The number of benzene rings is 4. The van der Waals surface area contributed by atoms with Gasteiger partial charge in [0.2, 0.25) is 0 Å². The van der Waals surface area contributed by atoms with Gasteiger partial charge in [-0.3, -0.25) is 0 Å². The monoisotopic (exact) mass is 610 g/mol. The van der Waals surface area contributed by atoms with Crippen molar-refractivity contribution in [2.75, 3.05) is 11.9 Å². The lowest BCUT2D eigenvalue weighted by Crippen LogP contribution is -2.25. The minimum Gasteiger partial charge on any atom is -0.492 e. The summed E-state index contributed by atoms with van der Waals surface area (Å²) in [4.78, 5) is 0. The molecule has 1 heterocycles. The minimum absolute atomic E-state index is 0.239. The number of unbranched alkanes of at least 4 members (excludes halogenated alkanes) is 7. The zero-order valence-corrected chi connectivity index (χ0v) is 25.7. The van der Waals surface area contributed by atoms with Crippen molar-refractivity contribution < 1.29 is 9.47 Å². The van der Waals surface area contributed by atoms with Crippen molar-refractivity contribution >= 4 is 15.9 Å². The zero-order valence-electron chi connectivity index (χ0n) is 24.1. The van der Waals surface area contributed by atoms with Crippen LogP contribution in [0.2, 0.25) is 0 Å². The zero-order chi connectivity index (χ0) is 28.1. The average Bonchev–Trinajstić information content (AvgIpc) is 3.03. The predicted octanol–water partition coefficient (Wildman–Crippen LogP) is 10.6. The van der Waals surface area contributed by atoms with Crippen LogP contribution in [-0.4, -0.2) is 11.9 Å². The van der Waals surface area contributed by atoms with E-state index in [1.807, 2.05) is 18.2 Å². The molecule has 0 amide bonds. The molecule has 4 aromatic rings. The minimum atomic E-state index is 0.239. The normalized spacial score (nSPS) is 16.1. The van der Waals surface area contributed by atoms with Crippen molar-refractivity contribution in [1.29, 1.82) is 0 Å². The number of alkyl halides is 1. The Morgan fingerprint density at radius 2 is 1.29 bits per heavy atom. The summed E-state index contributed by atoms with van der Waals surface area (Å²) >= 11 is 3.53. The van der Waals surface area contributed by atoms with Crippen LogP contribution < -0.4 is 9.47 Å². The lowest BCUT2D eigenvalue weighted by Gasteiger charge is -2.35. The van der Waals surface area contributed by atoms with Crippen LogP contribution in [0.1, 0.15) is 91.0 Å². The average molecular weight is 612 g/mol. The van der Waals surface area contributed by atoms with Gasteiger partial charge in [-0.25, -0.2) is 0 Å². The number of hydrogen-bond acceptors (Lipinski definition) is 2. The highest BCUT2D eigenvalue weighted by Gasteiger charge is 2.33. The van der Waals surface area contributed by atoms with Gasteiger partial charge in [-0.15, -0.1) is 0 Å². The molecule has 0 N–H and O–H groups in total. The third-order valence-corrected chi connectivity index (χ3v) is 8.87. The topological polar surface area (TPSA) is 18.5 Å². The molecule has 0 saturated heterocycles. The fourth-order valence-corrected chi connectivity index (χ4v) is 6.39. The van der Waals surface area contributed by atoms with E-state index in [-0.39, 0.29) is 11.8 Å². The first-order valence-corrected chi connectivity index (χ1v) is 16.6. The second kappa shape index (κ2) is 15.8. The van der Waals surface area contributed by atoms with E-state index < -0.39 is 0 Å². The molecule has 0 saturated carbocycles. The highest BCUT2D eigenvalue weighted by atomic mass is 79.9. The van der Waals surface area contributed by atoms with Gasteiger partial charge in [0, 0.05) is 28.8 Å². The van der Waals surface area contributed by atoms with Gasteiger partial charge in [-0.05, 0) is 47.6 Å². The molecule has 0 fully saturated rings. The summed E-state index contributed by atoms with van der Waals surface area (Å²) in [5.74, 6) is 2.28. The van der Waals surface area contributed by atoms with Gasteiger partial charge in [0.15, 0.2) is 0 Å². The molecule has 3 heteroatoms. The van der Waals surface area contributed by atoms with Crippen LogP contribution in [0, 0.1) is 0 Å². The van der Waals surface area contributed by atoms with Gasteiger partial charge >= 0.3 is 0 Å². The number of aryl methyl sites for hydroxylation is 1. The van der Waals surface area contributed by atoms with E-state index in [9.17, 15) is 0 Å². The van der Waals surface area contributed by atoms with E-state index >= 15 is 0 Å². The van der Waals surface area contributed by atoms with Crippen molar-refractivity contribution in [1.82, 2.24) is 0 Å². The van der Waals surface area contributed by atoms with Crippen LogP contribution in [-0.2, 0) is 13.0 Å². The maximum Gasteiger partial charge on any atom is 0.126 e. The summed E-state index contributed by atoms with van der Waals surface area (Å²) in [6.07, 6.45) is 12.0. The van der Waals surface area contributed by atoms with Crippen molar-refractivity contribution in [3.8, 4) is 11.5 Å². The molecule has 0 radical (unpaired) electrons. The molecule has 0 spiro atoms. The van der Waals surface area contributed by atoms with Gasteiger partial charge < -0.3 is 9.47 Å². The molecule has 214 valence electrons. The SMILES string of the molecule is BrCCCCCCCCCCc1ccc(C2c3ccc(OCc4ccccc4)cc3OCC2c2ccccc2)cc1. The number of rotatable bonds is 15. The van der Waals surface area contributed by atoms with Crippen LogP contribution in [0.3, 0.4) is 0 Å². The number of hydrogen-bond donors (Lipinski definition) is 0. The van der Waals surface area contributed by atoms with E-state index in [1.165, 1.54) is 80.0 Å². The first kappa shape index (κ1) is 29.5. The van der Waals surface area contributed by atoms with Crippen molar-refractivity contribution in [3.63, 3.8) is 0 Å². The van der Waals surface area contributed by atoms with Crippen LogP contribution in [0.5, 0.6) is 11.5 Å². The maximum atomic E-state index is 6.39. The molecule has 0 aliphatic carbocycles. The molecule has 4 aromatic carbocycles. The van der Waals surface area contributed by atoms with Crippen molar-refractivity contribution in [3.05, 3.63) is 131 Å². The third kappa shape index (κ3) is 8.49. The second-order valence-electron chi connectivity index (χ2n) is 11.3. The lowest BCUT2D eigenvalue weighted by atomic mass is 9.75. The van der Waals surface area contributed by atoms with E-state index in [1.54, 1.807) is 0 Å². The number of fused-ring (bicyclic) bond motifs is 1. The summed E-state index contributed by atoms with van der Waals surface area (Å²) < 4.78 is 12.5. The molecule has 1 aliphatic rings. The lowest BCUT2D eigenvalue weighted by molar-refractivity contribution is 0.245. The summed E-state index contributed by atoms with van der Waals surface area (Å²) in [6.45, 7) is 1.20. The van der Waals surface area contributed by atoms with E-state index in [0.29, 0.717) is 13.2 Å². The Morgan fingerprint density at radius 3 is 2.00 bits per heavy atom. The van der Waals surface area contributed by atoms with Crippen molar-refractivity contribution in [2.24, 2.45) is 0 Å². The molecular formula is C38H43BrO2. The largest absolute Gasteiger partial charge is 0.492 e. The molecule has 2 unspecified atom stereocenters. The highest BCUT2D eigenvalue weighted by Crippen LogP contribution is 2.47. The fraction of sp³-hybridized carbons (Fsp3) is 0.368. The standard InChI is InChI=1S/C38H43BrO2/c39-26-14-6-4-2-1-3-5-9-15-30-20-22-33(23-21-30)38-35-25-24-34(40-28-31-16-10-7-11-17-31)27-37(35)41-29-36(38)32-18-12-8-13-19-32/h7-8,10-13,16-25,27,36,38H,1-6,9,14-15,26,28-29H2. The summed E-state index contributed by atoms with van der Waals surface area (Å²) in [7, 11) is 0. The van der Waals surface area contributed by atoms with Gasteiger partial charge in [0.1, 0.15) is 18.1 Å². The second-order valence-corrected chi connectivity index (χ2v) is 12.1. The van der Waals surface area contributed by atoms with Crippen molar-refractivity contribution in [2.45, 2.75) is 76.2 Å². The first-order valence-electron chi connectivity index (χ1n) is 15.4. The number of ether oxygens (including phenoxy) is 2. The first-order chi connectivity index (χ1) is 20.3. The fourth-order valence-electron chi connectivity index (χ4n) is 6.00. The molecule has 0 aromatic heterocycles. The highest BCUT2D eigenvalue weighted by molar-refractivity contribution is 9.09. The maximum absolute atomic E-state index is 6.39. The molecule has 41 heavy (non-hydrogen) atoms. The van der Waals surface area contributed by atoms with Crippen LogP contribution in [0.15, 0.2) is 103 Å². The van der Waals surface area contributed by atoms with Crippen LogP contribution in [0.25, 0.3) is 0 Å². The Hall–Kier alpha value is -3.04. The summed E-state index contributed by atoms with van der Waals surface area (Å²) in [5, 5.41) is 1.14. The van der Waals surface area contributed by atoms with Gasteiger partial charge in [-0.1, -0.05) is 145 Å². The molecule has 2 atom stereocenters. The molecular weight excluding hydrogens is 568 g/mol.